The van der Waals surface area contributed by atoms with Crippen LogP contribution in [0.1, 0.15) is 25.8 Å². The Bertz CT molecular complexity index is 771. The van der Waals surface area contributed by atoms with Crippen LogP contribution in [-0.2, 0) is 25.1 Å². The van der Waals surface area contributed by atoms with Gasteiger partial charge in [0.15, 0.2) is 15.8 Å². The van der Waals surface area contributed by atoms with Crippen LogP contribution in [0.4, 0.5) is 0 Å². The van der Waals surface area contributed by atoms with Crippen LogP contribution in [0.25, 0.3) is 0 Å². The van der Waals surface area contributed by atoms with Crippen molar-refractivity contribution in [3.8, 4) is 0 Å². The first-order chi connectivity index (χ1) is 13.4. The number of hydrogen-bond donors (Lipinski definition) is 1. The van der Waals surface area contributed by atoms with E-state index < -0.39 is 9.84 Å². The van der Waals surface area contributed by atoms with Gasteiger partial charge in [-0.25, -0.2) is 8.42 Å². The Labute approximate surface area is 191 Å². The Kier molecular flexibility index (Phi) is 10.9. The molecule has 1 fully saturated rings. The fourth-order valence-corrected chi connectivity index (χ4v) is 4.81. The van der Waals surface area contributed by atoms with E-state index in [0.717, 1.165) is 18.1 Å². The highest BCUT2D eigenvalue weighted by Crippen LogP contribution is 2.24. The second-order valence-corrected chi connectivity index (χ2v) is 9.36. The number of esters is 1. The summed E-state index contributed by atoms with van der Waals surface area (Å²) >= 11 is 0. The summed E-state index contributed by atoms with van der Waals surface area (Å²) in [6.45, 7) is 6.42. The van der Waals surface area contributed by atoms with Crippen LogP contribution >= 0.6 is 24.0 Å². The number of likely N-dealkylation sites (tertiary alicyclic amines) is 1. The van der Waals surface area contributed by atoms with E-state index in [1.54, 1.807) is 0 Å². The topological polar surface area (TPSA) is 88.1 Å². The molecule has 0 aromatic heterocycles. The molecule has 29 heavy (non-hydrogen) atoms. The van der Waals surface area contributed by atoms with Gasteiger partial charge >= 0.3 is 5.97 Å². The van der Waals surface area contributed by atoms with E-state index in [4.69, 9.17) is 4.74 Å². The third-order valence-electron chi connectivity index (χ3n) is 4.86. The number of methoxy groups -OCH3 is 1. The van der Waals surface area contributed by atoms with Gasteiger partial charge in [0, 0.05) is 26.2 Å². The van der Waals surface area contributed by atoms with E-state index in [9.17, 15) is 13.2 Å². The summed E-state index contributed by atoms with van der Waals surface area (Å²) in [5.74, 6) is 0.704. The van der Waals surface area contributed by atoms with Gasteiger partial charge in [-0.1, -0.05) is 37.3 Å². The smallest absolute Gasteiger partial charge is 0.310 e. The number of guanidine groups is 1. The minimum atomic E-state index is -3.16. The molecule has 2 unspecified atom stereocenters. The molecule has 9 heteroatoms. The van der Waals surface area contributed by atoms with E-state index in [2.05, 4.69) is 10.3 Å². The number of nitrogens with zero attached hydrogens (tertiary/aromatic N) is 2. The van der Waals surface area contributed by atoms with Gasteiger partial charge in [-0.15, -0.1) is 24.0 Å². The number of halogens is 1. The quantitative estimate of drug-likeness (QED) is 0.180. The first kappa shape index (κ1) is 25.7. The molecule has 2 atom stereocenters. The third kappa shape index (κ3) is 8.12. The zero-order valence-corrected chi connectivity index (χ0v) is 20.5. The highest BCUT2D eigenvalue weighted by atomic mass is 127. The molecule has 1 heterocycles. The standard InChI is InChI=1S/C20H31N3O4S.HI/c1-4-21-20(23-13-16(2)18(14-23)19(24)27-3)22-11-8-12-28(25,26)15-17-9-6-5-7-10-17;/h5-7,9-10,16,18H,4,8,11-15H2,1-3H3,(H,21,22);1H. The molecule has 0 amide bonds. The number of carbonyl (C=O) groups is 1. The van der Waals surface area contributed by atoms with Crippen LogP contribution in [0, 0.1) is 11.8 Å². The lowest BCUT2D eigenvalue weighted by Crippen LogP contribution is -2.40. The average Bonchev–Trinajstić information content (AvgIpc) is 3.05. The molecule has 0 aliphatic carbocycles. The van der Waals surface area contributed by atoms with E-state index in [1.807, 2.05) is 49.1 Å². The molecule has 7 nitrogen and oxygen atoms in total. The first-order valence-corrected chi connectivity index (χ1v) is 11.5. The summed E-state index contributed by atoms with van der Waals surface area (Å²) in [6, 6.07) is 9.21. The van der Waals surface area contributed by atoms with E-state index in [0.29, 0.717) is 26.1 Å². The number of ether oxygens (including phenoxy) is 1. The van der Waals surface area contributed by atoms with Crippen molar-refractivity contribution in [2.45, 2.75) is 26.0 Å². The van der Waals surface area contributed by atoms with E-state index in [1.165, 1.54) is 7.11 Å². The summed E-state index contributed by atoms with van der Waals surface area (Å²) in [4.78, 5) is 18.5. The maximum atomic E-state index is 12.3. The lowest BCUT2D eigenvalue weighted by atomic mass is 9.99. The zero-order chi connectivity index (χ0) is 20.6. The fraction of sp³-hybridized carbons (Fsp3) is 0.600. The number of nitrogens with one attached hydrogen (secondary N) is 1. The lowest BCUT2D eigenvalue weighted by Gasteiger charge is -2.21. The minimum absolute atomic E-state index is 0. The first-order valence-electron chi connectivity index (χ1n) is 9.71. The number of sulfone groups is 1. The van der Waals surface area contributed by atoms with Crippen molar-refractivity contribution >= 4 is 45.7 Å². The highest BCUT2D eigenvalue weighted by Gasteiger charge is 2.36. The highest BCUT2D eigenvalue weighted by molar-refractivity contribution is 14.0. The molecule has 2 rings (SSSR count). The molecule has 0 spiro atoms. The number of aliphatic imine (C=N–C) groups is 1. The Morgan fingerprint density at radius 3 is 2.59 bits per heavy atom. The Hall–Kier alpha value is -1.36. The number of rotatable bonds is 8. The zero-order valence-electron chi connectivity index (χ0n) is 17.3. The number of hydrogen-bond acceptors (Lipinski definition) is 5. The van der Waals surface area contributed by atoms with Crippen LogP contribution in [0.3, 0.4) is 0 Å². The third-order valence-corrected chi connectivity index (χ3v) is 6.54. The van der Waals surface area contributed by atoms with Crippen molar-refractivity contribution in [2.24, 2.45) is 16.8 Å². The van der Waals surface area contributed by atoms with Gasteiger partial charge in [-0.2, -0.15) is 0 Å². The molecule has 0 saturated carbocycles. The predicted octanol–water partition coefficient (Wildman–Crippen LogP) is 2.32. The molecule has 1 aromatic carbocycles. The largest absolute Gasteiger partial charge is 0.469 e. The van der Waals surface area contributed by atoms with Crippen LogP contribution in [0.5, 0.6) is 0 Å². The summed E-state index contributed by atoms with van der Waals surface area (Å²) in [7, 11) is -1.75. The molecule has 1 N–H and O–H groups in total. The van der Waals surface area contributed by atoms with Crippen LogP contribution < -0.4 is 5.32 Å². The van der Waals surface area contributed by atoms with E-state index in [-0.39, 0.29) is 53.3 Å². The van der Waals surface area contributed by atoms with Crippen molar-refractivity contribution in [2.75, 3.05) is 39.0 Å². The second-order valence-electron chi connectivity index (χ2n) is 7.18. The molecule has 164 valence electrons. The summed E-state index contributed by atoms with van der Waals surface area (Å²) in [5.41, 5.74) is 0.805. The van der Waals surface area contributed by atoms with Gasteiger partial charge in [0.1, 0.15) is 0 Å². The lowest BCUT2D eigenvalue weighted by molar-refractivity contribution is -0.145. The molecule has 1 aliphatic rings. The van der Waals surface area contributed by atoms with Gasteiger partial charge < -0.3 is 15.0 Å². The number of benzene rings is 1. The second kappa shape index (κ2) is 12.4. The molecular formula is C20H32IN3O4S. The van der Waals surface area contributed by atoms with Crippen molar-refractivity contribution in [1.82, 2.24) is 10.2 Å². The van der Waals surface area contributed by atoms with Gasteiger partial charge in [-0.05, 0) is 24.8 Å². The molecule has 0 bridgehead atoms. The fourth-order valence-electron chi connectivity index (χ4n) is 3.39. The van der Waals surface area contributed by atoms with Crippen molar-refractivity contribution in [3.05, 3.63) is 35.9 Å². The van der Waals surface area contributed by atoms with Crippen molar-refractivity contribution in [1.29, 1.82) is 0 Å². The van der Waals surface area contributed by atoms with E-state index >= 15 is 0 Å². The van der Waals surface area contributed by atoms with Crippen LogP contribution in [-0.4, -0.2) is 64.3 Å². The molecule has 1 saturated heterocycles. The molecular weight excluding hydrogens is 505 g/mol. The van der Waals surface area contributed by atoms with Gasteiger partial charge in [-0.3, -0.25) is 9.79 Å². The Balaban J connectivity index is 0.00000420. The maximum absolute atomic E-state index is 12.3. The summed E-state index contributed by atoms with van der Waals surface area (Å²) in [5, 5.41) is 3.23. The molecule has 1 aromatic rings. The average molecular weight is 537 g/mol. The monoisotopic (exact) mass is 537 g/mol. The SMILES string of the molecule is CCNC(=NCCCS(=O)(=O)Cc1ccccc1)N1CC(C)C(C(=O)OC)C1.I. The molecule has 0 radical (unpaired) electrons. The summed E-state index contributed by atoms with van der Waals surface area (Å²) < 4.78 is 29.5. The Morgan fingerprint density at radius 2 is 1.97 bits per heavy atom. The summed E-state index contributed by atoms with van der Waals surface area (Å²) in [6.07, 6.45) is 0.466. The van der Waals surface area contributed by atoms with Crippen LogP contribution in [0.15, 0.2) is 35.3 Å². The normalized spacial score (nSPS) is 19.6. The minimum Gasteiger partial charge on any atom is -0.469 e. The van der Waals surface area contributed by atoms with Gasteiger partial charge in [0.25, 0.3) is 0 Å². The van der Waals surface area contributed by atoms with Crippen molar-refractivity contribution < 1.29 is 17.9 Å². The Morgan fingerprint density at radius 1 is 1.28 bits per heavy atom. The predicted molar refractivity (Wildman–Crippen MR) is 126 cm³/mol. The van der Waals surface area contributed by atoms with Gasteiger partial charge in [0.05, 0.1) is 24.5 Å². The molecule has 1 aliphatic heterocycles. The van der Waals surface area contributed by atoms with Gasteiger partial charge in [0.2, 0.25) is 0 Å². The van der Waals surface area contributed by atoms with Crippen molar-refractivity contribution in [3.63, 3.8) is 0 Å². The number of carbonyl (C=O) groups excluding carboxylic acids is 1. The maximum Gasteiger partial charge on any atom is 0.310 e. The van der Waals surface area contributed by atoms with Crippen LogP contribution in [0.2, 0.25) is 0 Å².